The van der Waals surface area contributed by atoms with E-state index in [9.17, 15) is 10.1 Å². The topological polar surface area (TPSA) is 104 Å². The van der Waals surface area contributed by atoms with E-state index in [-0.39, 0.29) is 17.4 Å². The molecule has 0 bridgehead atoms. The van der Waals surface area contributed by atoms with Crippen molar-refractivity contribution in [3.8, 4) is 11.6 Å². The molecule has 18 heavy (non-hydrogen) atoms. The molecule has 0 aliphatic carbocycles. The smallest absolute Gasteiger partial charge is 0.311 e. The highest BCUT2D eigenvalue weighted by Crippen LogP contribution is 2.25. The van der Waals surface area contributed by atoms with Gasteiger partial charge in [-0.15, -0.1) is 0 Å². The Bertz CT molecular complexity index is 583. The van der Waals surface area contributed by atoms with Crippen LogP contribution in [0.2, 0.25) is 0 Å². The zero-order valence-corrected chi connectivity index (χ0v) is 9.53. The molecule has 2 N–H and O–H groups in total. The van der Waals surface area contributed by atoms with Gasteiger partial charge in [-0.2, -0.15) is 4.98 Å². The quantitative estimate of drug-likeness (QED) is 0.656. The lowest BCUT2D eigenvalue weighted by Crippen LogP contribution is -1.99. The molecule has 0 spiro atoms. The van der Waals surface area contributed by atoms with Gasteiger partial charge >= 0.3 is 5.69 Å². The van der Waals surface area contributed by atoms with Gasteiger partial charge in [0.05, 0.1) is 11.1 Å². The normalized spacial score (nSPS) is 10.1. The van der Waals surface area contributed by atoms with Crippen molar-refractivity contribution in [3.05, 3.63) is 46.3 Å². The predicted molar refractivity (Wildman–Crippen MR) is 64.4 cm³/mol. The number of nitrogens with zero attached hydrogens (tertiary/aromatic N) is 3. The minimum Gasteiger partial charge on any atom is -0.437 e. The van der Waals surface area contributed by atoms with E-state index in [2.05, 4.69) is 9.97 Å². The Hall–Kier alpha value is -2.70. The molecule has 7 nitrogen and oxygen atoms in total. The van der Waals surface area contributed by atoms with Crippen molar-refractivity contribution in [2.24, 2.45) is 0 Å². The second-order valence-electron chi connectivity index (χ2n) is 3.55. The highest BCUT2D eigenvalue weighted by Gasteiger charge is 2.13. The average molecular weight is 246 g/mol. The lowest BCUT2D eigenvalue weighted by Gasteiger charge is -2.05. The first-order chi connectivity index (χ1) is 8.56. The molecule has 0 unspecified atom stereocenters. The first-order valence-electron chi connectivity index (χ1n) is 5.07. The minimum atomic E-state index is -0.598. The number of aromatic nitrogens is 2. The molecular weight excluding hydrogens is 236 g/mol. The van der Waals surface area contributed by atoms with Crippen molar-refractivity contribution in [1.29, 1.82) is 0 Å². The average Bonchev–Trinajstić information content (AvgIpc) is 2.32. The van der Waals surface area contributed by atoms with Gasteiger partial charge in [0.15, 0.2) is 0 Å². The van der Waals surface area contributed by atoms with Gasteiger partial charge < -0.3 is 10.5 Å². The lowest BCUT2D eigenvalue weighted by atomic mass is 10.3. The fourth-order valence-electron chi connectivity index (χ4n) is 1.30. The maximum atomic E-state index is 10.6. The number of nitrogens with two attached hydrogens (primary N) is 1. The number of hydrogen-bond donors (Lipinski definition) is 1. The lowest BCUT2D eigenvalue weighted by molar-refractivity contribution is -0.384. The molecule has 0 saturated heterocycles. The van der Waals surface area contributed by atoms with Gasteiger partial charge in [-0.3, -0.25) is 15.1 Å². The largest absolute Gasteiger partial charge is 0.437 e. The summed E-state index contributed by atoms with van der Waals surface area (Å²) in [6.45, 7) is 1.85. The van der Waals surface area contributed by atoms with E-state index in [0.29, 0.717) is 5.75 Å². The first kappa shape index (κ1) is 11.8. The van der Waals surface area contributed by atoms with Crippen LogP contribution < -0.4 is 10.5 Å². The zero-order chi connectivity index (χ0) is 13.1. The van der Waals surface area contributed by atoms with E-state index in [1.807, 2.05) is 6.92 Å². The molecular formula is C11H10N4O3. The standard InChI is InChI=1S/C11H10N4O3/c1-7-2-3-8(6-13-7)18-10-5-4-9(15(16)17)11(12)14-10/h2-6H,1H3,(H2,12,14). The van der Waals surface area contributed by atoms with Crippen LogP contribution in [0.5, 0.6) is 11.6 Å². The third kappa shape index (κ3) is 2.51. The van der Waals surface area contributed by atoms with Crippen LogP contribution in [0.4, 0.5) is 11.5 Å². The van der Waals surface area contributed by atoms with Crippen molar-refractivity contribution in [3.63, 3.8) is 0 Å². The summed E-state index contributed by atoms with van der Waals surface area (Å²) in [7, 11) is 0. The van der Waals surface area contributed by atoms with Crippen LogP contribution in [-0.4, -0.2) is 14.9 Å². The Balaban J connectivity index is 2.22. The summed E-state index contributed by atoms with van der Waals surface area (Å²) in [4.78, 5) is 17.8. The van der Waals surface area contributed by atoms with Gasteiger partial charge in [0.1, 0.15) is 5.75 Å². The van der Waals surface area contributed by atoms with Crippen LogP contribution in [-0.2, 0) is 0 Å². The summed E-state index contributed by atoms with van der Waals surface area (Å²) in [5.41, 5.74) is 6.07. The summed E-state index contributed by atoms with van der Waals surface area (Å²) in [6, 6.07) is 6.14. The predicted octanol–water partition coefficient (Wildman–Crippen LogP) is 2.07. The minimum absolute atomic E-state index is 0.183. The Morgan fingerprint density at radius 2 is 2.11 bits per heavy atom. The van der Waals surface area contributed by atoms with Crippen molar-refractivity contribution < 1.29 is 9.66 Å². The molecule has 2 rings (SSSR count). The van der Waals surface area contributed by atoms with Crippen molar-refractivity contribution in [2.75, 3.05) is 5.73 Å². The molecule has 2 aromatic rings. The number of nitrogen functional groups attached to an aromatic ring is 1. The van der Waals surface area contributed by atoms with E-state index in [1.54, 1.807) is 12.1 Å². The van der Waals surface area contributed by atoms with Gasteiger partial charge in [-0.25, -0.2) is 0 Å². The van der Waals surface area contributed by atoms with Crippen molar-refractivity contribution >= 4 is 11.5 Å². The molecule has 0 radical (unpaired) electrons. The summed E-state index contributed by atoms with van der Waals surface area (Å²) in [5, 5.41) is 10.6. The summed E-state index contributed by atoms with van der Waals surface area (Å²) in [5.74, 6) is 0.489. The van der Waals surface area contributed by atoms with Crippen LogP contribution in [0.25, 0.3) is 0 Å². The summed E-state index contributed by atoms with van der Waals surface area (Å²) in [6.07, 6.45) is 1.54. The molecule has 0 atom stereocenters. The van der Waals surface area contributed by atoms with Crippen LogP contribution >= 0.6 is 0 Å². The molecule has 0 saturated carbocycles. The second-order valence-corrected chi connectivity index (χ2v) is 3.55. The van der Waals surface area contributed by atoms with E-state index < -0.39 is 4.92 Å². The fourth-order valence-corrected chi connectivity index (χ4v) is 1.30. The highest BCUT2D eigenvalue weighted by molar-refractivity contribution is 5.53. The number of ether oxygens (including phenoxy) is 1. The number of hydrogen-bond acceptors (Lipinski definition) is 6. The van der Waals surface area contributed by atoms with E-state index in [1.165, 1.54) is 18.3 Å². The Kier molecular flexibility index (Phi) is 3.05. The zero-order valence-electron chi connectivity index (χ0n) is 9.53. The maximum absolute atomic E-state index is 10.6. The second kappa shape index (κ2) is 4.66. The van der Waals surface area contributed by atoms with Gasteiger partial charge in [0, 0.05) is 17.8 Å². The van der Waals surface area contributed by atoms with Gasteiger partial charge in [0.25, 0.3) is 0 Å². The molecule has 2 heterocycles. The van der Waals surface area contributed by atoms with Gasteiger partial charge in [-0.1, -0.05) is 0 Å². The molecule has 0 aliphatic rings. The molecule has 0 amide bonds. The highest BCUT2D eigenvalue weighted by atomic mass is 16.6. The third-order valence-electron chi connectivity index (χ3n) is 2.18. The number of rotatable bonds is 3. The van der Waals surface area contributed by atoms with Crippen molar-refractivity contribution in [1.82, 2.24) is 9.97 Å². The van der Waals surface area contributed by atoms with E-state index >= 15 is 0 Å². The molecule has 0 fully saturated rings. The molecule has 92 valence electrons. The maximum Gasteiger partial charge on any atom is 0.311 e. The monoisotopic (exact) mass is 246 g/mol. The molecule has 2 aromatic heterocycles. The molecule has 0 aromatic carbocycles. The molecule has 7 heteroatoms. The third-order valence-corrected chi connectivity index (χ3v) is 2.18. The van der Waals surface area contributed by atoms with E-state index in [0.717, 1.165) is 5.69 Å². The van der Waals surface area contributed by atoms with Crippen molar-refractivity contribution in [2.45, 2.75) is 6.92 Å². The number of aryl methyl sites for hydroxylation is 1. The van der Waals surface area contributed by atoms with E-state index in [4.69, 9.17) is 10.5 Å². The molecule has 0 aliphatic heterocycles. The summed E-state index contributed by atoms with van der Waals surface area (Å²) < 4.78 is 5.37. The Morgan fingerprint density at radius 1 is 1.33 bits per heavy atom. The van der Waals surface area contributed by atoms with Gasteiger partial charge in [0.2, 0.25) is 11.7 Å². The number of anilines is 1. The van der Waals surface area contributed by atoms with Crippen LogP contribution in [0, 0.1) is 17.0 Å². The SMILES string of the molecule is Cc1ccc(Oc2ccc([N+](=O)[O-])c(N)n2)cn1. The fraction of sp³-hybridized carbons (Fsp3) is 0.0909. The van der Waals surface area contributed by atoms with Crippen LogP contribution in [0.3, 0.4) is 0 Å². The Morgan fingerprint density at radius 3 is 2.67 bits per heavy atom. The number of pyridine rings is 2. The van der Waals surface area contributed by atoms with Crippen LogP contribution in [0.1, 0.15) is 5.69 Å². The first-order valence-corrected chi connectivity index (χ1v) is 5.07. The van der Waals surface area contributed by atoms with Crippen LogP contribution in [0.15, 0.2) is 30.5 Å². The van der Waals surface area contributed by atoms with Gasteiger partial charge in [-0.05, 0) is 19.1 Å². The summed E-state index contributed by atoms with van der Waals surface area (Å²) >= 11 is 0. The number of nitro groups is 1. The Labute approximate surface area is 102 Å².